The van der Waals surface area contributed by atoms with Crippen LogP contribution in [0, 0.1) is 0 Å². The predicted molar refractivity (Wildman–Crippen MR) is 101 cm³/mol. The van der Waals surface area contributed by atoms with E-state index in [-0.39, 0.29) is 12.7 Å². The maximum atomic E-state index is 12.3. The zero-order chi connectivity index (χ0) is 17.6. The predicted octanol–water partition coefficient (Wildman–Crippen LogP) is 3.26. The lowest BCUT2D eigenvalue weighted by molar-refractivity contribution is 0.148. The fourth-order valence-electron chi connectivity index (χ4n) is 2.99. The fourth-order valence-corrected chi connectivity index (χ4v) is 2.99. The summed E-state index contributed by atoms with van der Waals surface area (Å²) in [5.41, 5.74) is 2.95. The molecule has 0 saturated carbocycles. The van der Waals surface area contributed by atoms with Gasteiger partial charge in [-0.15, -0.1) is 0 Å². The molecule has 0 aromatic heterocycles. The van der Waals surface area contributed by atoms with Gasteiger partial charge in [-0.2, -0.15) is 0 Å². The second kappa shape index (κ2) is 8.03. The molecule has 0 radical (unpaired) electrons. The summed E-state index contributed by atoms with van der Waals surface area (Å²) in [6.07, 6.45) is -0.352. The molecule has 1 aliphatic rings. The van der Waals surface area contributed by atoms with Gasteiger partial charge in [-0.1, -0.05) is 36.4 Å². The SMILES string of the molecule is CC1CN(c2cccc(N(C)C(=O)OCc3ccccc3)c2)CCN1. The standard InChI is InChI=1S/C20H25N3O2/c1-16-14-23(12-11-21-16)19-10-6-9-18(13-19)22(2)20(24)25-15-17-7-4-3-5-8-17/h3-10,13,16,21H,11-12,14-15H2,1-2H3. The van der Waals surface area contributed by atoms with Crippen LogP contribution in [-0.2, 0) is 11.3 Å². The Balaban J connectivity index is 1.64. The molecule has 1 amide bonds. The first-order chi connectivity index (χ1) is 12.1. The van der Waals surface area contributed by atoms with Gasteiger partial charge in [0.25, 0.3) is 0 Å². The lowest BCUT2D eigenvalue weighted by Gasteiger charge is -2.34. The molecule has 2 aromatic carbocycles. The summed E-state index contributed by atoms with van der Waals surface area (Å²) in [7, 11) is 1.74. The van der Waals surface area contributed by atoms with Crippen LogP contribution in [0.25, 0.3) is 0 Å². The Morgan fingerprint density at radius 2 is 2.04 bits per heavy atom. The number of hydrogen-bond donors (Lipinski definition) is 1. The van der Waals surface area contributed by atoms with Crippen molar-refractivity contribution in [3.63, 3.8) is 0 Å². The maximum absolute atomic E-state index is 12.3. The monoisotopic (exact) mass is 339 g/mol. The Kier molecular flexibility index (Phi) is 5.56. The lowest BCUT2D eigenvalue weighted by Crippen LogP contribution is -2.49. The zero-order valence-electron chi connectivity index (χ0n) is 14.8. The molecule has 25 heavy (non-hydrogen) atoms. The minimum atomic E-state index is -0.352. The number of anilines is 2. The summed E-state index contributed by atoms with van der Waals surface area (Å²) in [6, 6.07) is 18.2. The van der Waals surface area contributed by atoms with Crippen LogP contribution in [0.1, 0.15) is 12.5 Å². The van der Waals surface area contributed by atoms with Crippen molar-refractivity contribution in [3.05, 3.63) is 60.2 Å². The summed E-state index contributed by atoms with van der Waals surface area (Å²) in [5.74, 6) is 0. The van der Waals surface area contributed by atoms with Crippen molar-refractivity contribution in [1.82, 2.24) is 5.32 Å². The number of nitrogens with one attached hydrogen (secondary N) is 1. The highest BCUT2D eigenvalue weighted by Gasteiger charge is 2.18. The molecule has 1 saturated heterocycles. The quantitative estimate of drug-likeness (QED) is 0.929. The van der Waals surface area contributed by atoms with Gasteiger partial charge >= 0.3 is 6.09 Å². The van der Waals surface area contributed by atoms with Gasteiger partial charge in [-0.3, -0.25) is 4.90 Å². The van der Waals surface area contributed by atoms with Crippen molar-refractivity contribution in [2.24, 2.45) is 0 Å². The molecule has 5 nitrogen and oxygen atoms in total. The van der Waals surface area contributed by atoms with E-state index in [0.717, 1.165) is 36.6 Å². The van der Waals surface area contributed by atoms with Crippen LogP contribution in [0.15, 0.2) is 54.6 Å². The van der Waals surface area contributed by atoms with E-state index in [2.05, 4.69) is 23.2 Å². The van der Waals surface area contributed by atoms with Crippen molar-refractivity contribution in [2.45, 2.75) is 19.6 Å². The number of benzene rings is 2. The van der Waals surface area contributed by atoms with E-state index >= 15 is 0 Å². The minimum absolute atomic E-state index is 0.277. The molecule has 3 rings (SSSR count). The van der Waals surface area contributed by atoms with E-state index in [0.29, 0.717) is 6.04 Å². The highest BCUT2D eigenvalue weighted by atomic mass is 16.6. The molecule has 5 heteroatoms. The number of carbonyl (C=O) groups is 1. The second-order valence-corrected chi connectivity index (χ2v) is 6.42. The lowest BCUT2D eigenvalue weighted by atomic mass is 10.2. The highest BCUT2D eigenvalue weighted by Crippen LogP contribution is 2.23. The van der Waals surface area contributed by atoms with Crippen LogP contribution in [-0.4, -0.2) is 38.8 Å². The number of carbonyl (C=O) groups excluding carboxylic acids is 1. The Morgan fingerprint density at radius 1 is 1.24 bits per heavy atom. The maximum Gasteiger partial charge on any atom is 0.414 e. The van der Waals surface area contributed by atoms with Crippen molar-refractivity contribution in [1.29, 1.82) is 0 Å². The summed E-state index contributed by atoms with van der Waals surface area (Å²) < 4.78 is 5.41. The second-order valence-electron chi connectivity index (χ2n) is 6.42. The first-order valence-corrected chi connectivity index (χ1v) is 8.66. The molecule has 2 aromatic rings. The van der Waals surface area contributed by atoms with Gasteiger partial charge in [0.15, 0.2) is 0 Å². The zero-order valence-corrected chi connectivity index (χ0v) is 14.8. The van der Waals surface area contributed by atoms with Crippen molar-refractivity contribution < 1.29 is 9.53 Å². The van der Waals surface area contributed by atoms with Crippen LogP contribution in [0.2, 0.25) is 0 Å². The molecule has 1 fully saturated rings. The third-order valence-electron chi connectivity index (χ3n) is 4.43. The smallest absolute Gasteiger partial charge is 0.414 e. The van der Waals surface area contributed by atoms with Crippen LogP contribution in [0.4, 0.5) is 16.2 Å². The fraction of sp³-hybridized carbons (Fsp3) is 0.350. The first-order valence-electron chi connectivity index (χ1n) is 8.66. The van der Waals surface area contributed by atoms with E-state index in [9.17, 15) is 4.79 Å². The molecule has 1 heterocycles. The summed E-state index contributed by atoms with van der Waals surface area (Å²) >= 11 is 0. The van der Waals surface area contributed by atoms with Gasteiger partial charge in [0.05, 0.1) is 0 Å². The number of amides is 1. The molecular weight excluding hydrogens is 314 g/mol. The van der Waals surface area contributed by atoms with Crippen molar-refractivity contribution in [2.75, 3.05) is 36.5 Å². The van der Waals surface area contributed by atoms with E-state index in [4.69, 9.17) is 4.74 Å². The first kappa shape index (κ1) is 17.3. The van der Waals surface area contributed by atoms with E-state index < -0.39 is 0 Å². The third-order valence-corrected chi connectivity index (χ3v) is 4.43. The van der Waals surface area contributed by atoms with Gasteiger partial charge < -0.3 is 15.0 Å². The summed E-state index contributed by atoms with van der Waals surface area (Å²) in [6.45, 7) is 5.37. The number of ether oxygens (including phenoxy) is 1. The molecule has 1 N–H and O–H groups in total. The van der Waals surface area contributed by atoms with Crippen molar-refractivity contribution in [3.8, 4) is 0 Å². The summed E-state index contributed by atoms with van der Waals surface area (Å²) in [4.78, 5) is 16.2. The van der Waals surface area contributed by atoms with Gasteiger partial charge in [-0.25, -0.2) is 4.79 Å². The van der Waals surface area contributed by atoms with Gasteiger partial charge in [0.2, 0.25) is 0 Å². The van der Waals surface area contributed by atoms with E-state index in [1.165, 1.54) is 0 Å². The average Bonchev–Trinajstić information content (AvgIpc) is 2.66. The Hall–Kier alpha value is -2.53. The van der Waals surface area contributed by atoms with Crippen molar-refractivity contribution >= 4 is 17.5 Å². The number of hydrogen-bond acceptors (Lipinski definition) is 4. The van der Waals surface area contributed by atoms with Crippen LogP contribution >= 0.6 is 0 Å². The molecule has 0 bridgehead atoms. The molecule has 132 valence electrons. The van der Waals surface area contributed by atoms with Gasteiger partial charge in [0, 0.05) is 44.1 Å². The van der Waals surface area contributed by atoms with Crippen LogP contribution in [0.5, 0.6) is 0 Å². The van der Waals surface area contributed by atoms with Crippen LogP contribution in [0.3, 0.4) is 0 Å². The molecule has 1 unspecified atom stereocenters. The van der Waals surface area contributed by atoms with Gasteiger partial charge in [-0.05, 0) is 30.7 Å². The van der Waals surface area contributed by atoms with Gasteiger partial charge in [0.1, 0.15) is 6.61 Å². The third kappa shape index (κ3) is 4.51. The molecule has 0 aliphatic carbocycles. The molecule has 1 atom stereocenters. The average molecular weight is 339 g/mol. The Bertz CT molecular complexity index is 705. The highest BCUT2D eigenvalue weighted by molar-refractivity contribution is 5.87. The Morgan fingerprint density at radius 3 is 2.80 bits per heavy atom. The largest absolute Gasteiger partial charge is 0.444 e. The topological polar surface area (TPSA) is 44.8 Å². The summed E-state index contributed by atoms with van der Waals surface area (Å²) in [5, 5.41) is 3.44. The van der Waals surface area contributed by atoms with E-state index in [1.54, 1.807) is 11.9 Å². The van der Waals surface area contributed by atoms with Crippen LogP contribution < -0.4 is 15.1 Å². The molecular formula is C20H25N3O2. The number of piperazine rings is 1. The van der Waals surface area contributed by atoms with E-state index in [1.807, 2.05) is 48.5 Å². The molecule has 1 aliphatic heterocycles. The Labute approximate surface area is 149 Å². The number of nitrogens with zero attached hydrogens (tertiary/aromatic N) is 2. The molecule has 0 spiro atoms. The number of rotatable bonds is 4. The minimum Gasteiger partial charge on any atom is -0.444 e. The normalized spacial score (nSPS) is 17.2.